The fourth-order valence-corrected chi connectivity index (χ4v) is 1.20. The van der Waals surface area contributed by atoms with Crippen LogP contribution in [-0.4, -0.2) is 40.4 Å². The summed E-state index contributed by atoms with van der Waals surface area (Å²) >= 11 is 3.42. The number of hydrogen-bond acceptors (Lipinski definition) is 4. The first kappa shape index (κ1) is 10.3. The molecule has 0 spiro atoms. The van der Waals surface area contributed by atoms with Crippen LogP contribution >= 0.6 is 11.8 Å². The molecule has 2 N–H and O–H groups in total. The van der Waals surface area contributed by atoms with Gasteiger partial charge in [-0.05, 0) is 0 Å². The van der Waals surface area contributed by atoms with Crippen molar-refractivity contribution < 1.29 is 8.61 Å². The molecule has 0 radical (unpaired) electrons. The summed E-state index contributed by atoms with van der Waals surface area (Å²) in [6, 6.07) is -0.462. The Balaban J connectivity index is 3.41. The second-order valence-corrected chi connectivity index (χ2v) is 3.17. The van der Waals surface area contributed by atoms with E-state index in [-0.39, 0.29) is 5.97 Å². The molecule has 0 aliphatic rings. The van der Waals surface area contributed by atoms with Crippen molar-refractivity contribution in [2.75, 3.05) is 12.0 Å². The van der Waals surface area contributed by atoms with E-state index in [0.29, 0.717) is 6.42 Å². The summed E-state index contributed by atoms with van der Waals surface area (Å²) in [5, 5.41) is 0. The fourth-order valence-electron chi connectivity index (χ4n) is 0.430. The van der Waals surface area contributed by atoms with Crippen LogP contribution < -0.4 is 5.73 Å². The summed E-state index contributed by atoms with van der Waals surface area (Å²) in [5.74, 6) is 0.539. The van der Waals surface area contributed by atoms with Crippen molar-refractivity contribution in [1.82, 2.24) is 0 Å². The third kappa shape index (κ3) is 4.17. The van der Waals surface area contributed by atoms with E-state index in [1.54, 1.807) is 28.1 Å². The van der Waals surface area contributed by atoms with Crippen LogP contribution in [0.25, 0.3) is 0 Å². The second kappa shape index (κ2) is 6.04. The Labute approximate surface area is 73.2 Å². The molecule has 1 atom stereocenters. The van der Waals surface area contributed by atoms with Crippen molar-refractivity contribution in [2.45, 2.75) is 12.5 Å². The molecule has 3 nitrogen and oxygen atoms in total. The van der Waals surface area contributed by atoms with Gasteiger partial charge in [0.05, 0.1) is 0 Å². The molecule has 0 saturated heterocycles. The van der Waals surface area contributed by atoms with Gasteiger partial charge in [-0.25, -0.2) is 0 Å². The third-order valence-electron chi connectivity index (χ3n) is 1.03. The van der Waals surface area contributed by atoms with Crippen molar-refractivity contribution in [3.8, 4) is 0 Å². The zero-order valence-electron chi connectivity index (χ0n) is 5.74. The fraction of sp³-hybridized carbons (Fsp3) is 0.800. The Bertz CT molecular complexity index is 112. The first-order valence-electron chi connectivity index (χ1n) is 2.82. The molecule has 0 aliphatic heterocycles. The van der Waals surface area contributed by atoms with Crippen molar-refractivity contribution >= 4 is 34.1 Å². The minimum absolute atomic E-state index is 0.353. The molecule has 5 heteroatoms. The summed E-state index contributed by atoms with van der Waals surface area (Å²) < 4.78 is 4.37. The van der Waals surface area contributed by atoms with Crippen molar-refractivity contribution in [3.63, 3.8) is 0 Å². The van der Waals surface area contributed by atoms with Gasteiger partial charge in [0.25, 0.3) is 0 Å². The molecule has 0 aromatic heterocycles. The Morgan fingerprint density at radius 2 is 2.50 bits per heavy atom. The van der Waals surface area contributed by atoms with Gasteiger partial charge in [-0.1, -0.05) is 0 Å². The van der Waals surface area contributed by atoms with Gasteiger partial charge in [0.15, 0.2) is 0 Å². The van der Waals surface area contributed by atoms with E-state index in [4.69, 9.17) is 5.73 Å². The van der Waals surface area contributed by atoms with Crippen LogP contribution in [0.1, 0.15) is 6.42 Å². The molecule has 0 saturated carbocycles. The second-order valence-electron chi connectivity index (χ2n) is 1.80. The van der Waals surface area contributed by atoms with Crippen LogP contribution in [-0.2, 0) is 8.61 Å². The summed E-state index contributed by atoms with van der Waals surface area (Å²) in [4.78, 5) is 10.6. The quantitative estimate of drug-likeness (QED) is 0.654. The minimum atomic E-state index is -0.462. The number of hydrogen-bond donors (Lipinski definition) is 1. The third-order valence-corrected chi connectivity index (χ3v) is 2.05. The number of nitrogens with two attached hydrogens (primary N) is 1. The molecule has 0 heterocycles. The molecule has 0 aromatic carbocycles. The molecule has 0 rings (SSSR count). The molecular weight excluding hydrogens is 217 g/mol. The first-order chi connectivity index (χ1) is 4.72. The van der Waals surface area contributed by atoms with Gasteiger partial charge in [-0.15, -0.1) is 0 Å². The Morgan fingerprint density at radius 3 is 2.90 bits per heavy atom. The van der Waals surface area contributed by atoms with Crippen LogP contribution in [0.5, 0.6) is 0 Å². The van der Waals surface area contributed by atoms with Gasteiger partial charge in [0.1, 0.15) is 0 Å². The Hall–Kier alpha value is 0.299. The van der Waals surface area contributed by atoms with E-state index in [2.05, 4.69) is 3.82 Å². The maximum atomic E-state index is 10.6. The SMILES string of the molecule is CSCC[C@H](N)C(=O)O[SeH]. The van der Waals surface area contributed by atoms with E-state index in [1.165, 1.54) is 0 Å². The van der Waals surface area contributed by atoms with E-state index < -0.39 is 6.04 Å². The van der Waals surface area contributed by atoms with Crippen molar-refractivity contribution in [1.29, 1.82) is 0 Å². The van der Waals surface area contributed by atoms with E-state index in [9.17, 15) is 4.79 Å². The van der Waals surface area contributed by atoms with Crippen LogP contribution in [0.3, 0.4) is 0 Å². The zero-order chi connectivity index (χ0) is 7.98. The number of carbonyl (C=O) groups excluding carboxylic acids is 1. The van der Waals surface area contributed by atoms with Gasteiger partial charge in [0.2, 0.25) is 0 Å². The van der Waals surface area contributed by atoms with Crippen molar-refractivity contribution in [2.24, 2.45) is 5.73 Å². The topological polar surface area (TPSA) is 52.3 Å². The van der Waals surface area contributed by atoms with E-state index in [1.807, 2.05) is 6.26 Å². The van der Waals surface area contributed by atoms with Gasteiger partial charge >= 0.3 is 72.9 Å². The van der Waals surface area contributed by atoms with Crippen LogP contribution in [0.4, 0.5) is 0 Å². The van der Waals surface area contributed by atoms with Crippen molar-refractivity contribution in [3.05, 3.63) is 0 Å². The number of rotatable bonds is 4. The van der Waals surface area contributed by atoms with Gasteiger partial charge in [-0.3, -0.25) is 0 Å². The average molecular weight is 228 g/mol. The summed E-state index contributed by atoms with van der Waals surface area (Å²) in [7, 11) is 0. The van der Waals surface area contributed by atoms with E-state index >= 15 is 0 Å². The van der Waals surface area contributed by atoms with Gasteiger partial charge in [0, 0.05) is 0 Å². The van der Waals surface area contributed by atoms with Crippen LogP contribution in [0.15, 0.2) is 0 Å². The van der Waals surface area contributed by atoms with Crippen LogP contribution in [0, 0.1) is 0 Å². The van der Waals surface area contributed by atoms with Gasteiger partial charge in [-0.2, -0.15) is 0 Å². The molecular formula is C5H11NO2SSe. The molecule has 0 aliphatic carbocycles. The summed E-state index contributed by atoms with van der Waals surface area (Å²) in [5.41, 5.74) is 5.42. The predicted octanol–water partition coefficient (Wildman–Crippen LogP) is -0.574. The van der Waals surface area contributed by atoms with Gasteiger partial charge < -0.3 is 0 Å². The summed E-state index contributed by atoms with van der Waals surface area (Å²) in [6.07, 6.45) is 2.65. The van der Waals surface area contributed by atoms with Crippen LogP contribution in [0.2, 0.25) is 0 Å². The molecule has 0 bridgehead atoms. The molecule has 0 amide bonds. The summed E-state index contributed by atoms with van der Waals surface area (Å²) in [6.45, 7) is 0. The molecule has 10 heavy (non-hydrogen) atoms. The number of thioether (sulfide) groups is 1. The molecule has 0 aromatic rings. The van der Waals surface area contributed by atoms with E-state index in [0.717, 1.165) is 5.75 Å². The monoisotopic (exact) mass is 229 g/mol. The standard InChI is InChI=1S/C5H11NO2SSe/c1-9-3-2-4(6)5(7)8-10/h4,10H,2-3,6H2,1H3/t4-/m0/s1. The maximum absolute atomic E-state index is 10.6. The Morgan fingerprint density at radius 1 is 1.90 bits per heavy atom. The molecule has 60 valence electrons. The zero-order valence-corrected chi connectivity index (χ0v) is 8.43. The molecule has 0 fully saturated rings. The Kier molecular flexibility index (Phi) is 6.22. The first-order valence-corrected chi connectivity index (χ1v) is 4.98. The normalized spacial score (nSPS) is 12.7. The number of carbonyl (C=O) groups is 1. The average Bonchev–Trinajstić information content (AvgIpc) is 1.98. The molecule has 0 unspecified atom stereocenters. The predicted molar refractivity (Wildman–Crippen MR) is 44.2 cm³/mol.